The molecule has 0 heterocycles. The van der Waals surface area contributed by atoms with E-state index in [1.165, 1.54) is 0 Å². The zero-order chi connectivity index (χ0) is 36.3. The van der Waals surface area contributed by atoms with Crippen molar-refractivity contribution in [1.29, 1.82) is 0 Å². The Morgan fingerprint density at radius 2 is 1.14 bits per heavy atom. The van der Waals surface area contributed by atoms with Gasteiger partial charge in [-0.2, -0.15) is 0 Å². The molecule has 0 unspecified atom stereocenters. The maximum absolute atomic E-state index is 12.4. The number of ether oxygens (including phenoxy) is 4. The van der Waals surface area contributed by atoms with Crippen LogP contribution in [0.1, 0.15) is 102 Å². The molecule has 0 saturated heterocycles. The lowest BCUT2D eigenvalue weighted by Gasteiger charge is -2.26. The highest BCUT2D eigenvalue weighted by Gasteiger charge is 2.28. The molecule has 50 heavy (non-hydrogen) atoms. The van der Waals surface area contributed by atoms with Gasteiger partial charge in [0.15, 0.2) is 0 Å². The van der Waals surface area contributed by atoms with E-state index < -0.39 is 53.5 Å². The van der Waals surface area contributed by atoms with Gasteiger partial charge in [-0.15, -0.1) is 0 Å². The van der Waals surface area contributed by atoms with Crippen molar-refractivity contribution in [1.82, 2.24) is 16.0 Å². The highest BCUT2D eigenvalue weighted by Crippen LogP contribution is 2.13. The molecule has 0 bridgehead atoms. The van der Waals surface area contributed by atoms with Crippen LogP contribution in [0.5, 0.6) is 0 Å². The third-order valence-corrected chi connectivity index (χ3v) is 5.07. The molecular formula is C30H62N10O10. The first-order valence-electron chi connectivity index (χ1n) is 15.0. The van der Waals surface area contributed by atoms with Gasteiger partial charge in [0, 0.05) is 22.9 Å². The topological polar surface area (TPSA) is 302 Å². The molecule has 20 nitrogen and oxygen atoms in total. The van der Waals surface area contributed by atoms with Gasteiger partial charge in [-0.05, 0) is 91.1 Å². The number of hydrogen-bond donors (Lipinski definition) is 5. The van der Waals surface area contributed by atoms with Crippen LogP contribution >= 0.6 is 0 Å². The second kappa shape index (κ2) is 31.6. The largest absolute Gasteiger partial charge is 0.480 e. The SMILES string of the molecule is C.C.C.CC(C)(C)OC(=O)N[C@@H](CCCCNC(=O)OCCN=[N+]=[N-])C(=O)OC(C)(C)C.[N-]=[N+]=NCCOC(=O)NCCCC[C@H](N)C(=O)O. The Labute approximate surface area is 296 Å². The minimum atomic E-state index is -1.03. The number of amides is 3. The van der Waals surface area contributed by atoms with Crippen molar-refractivity contribution in [2.45, 2.75) is 126 Å². The minimum absolute atomic E-state index is 0. The highest BCUT2D eigenvalue weighted by molar-refractivity contribution is 5.81. The number of azide groups is 2. The average molecular weight is 723 g/mol. The maximum Gasteiger partial charge on any atom is 0.408 e. The molecule has 20 heteroatoms. The van der Waals surface area contributed by atoms with Crippen LogP contribution in [0, 0.1) is 0 Å². The normalized spacial score (nSPS) is 11.1. The van der Waals surface area contributed by atoms with Crippen LogP contribution in [0.25, 0.3) is 20.9 Å². The number of esters is 1. The van der Waals surface area contributed by atoms with E-state index in [-0.39, 0.29) is 48.6 Å². The Morgan fingerprint density at radius 1 is 0.720 bits per heavy atom. The monoisotopic (exact) mass is 722 g/mol. The Balaban J connectivity index is -0.000000280. The molecule has 3 amide bonds. The molecule has 0 aromatic rings. The van der Waals surface area contributed by atoms with Crippen LogP contribution in [0.4, 0.5) is 14.4 Å². The predicted octanol–water partition coefficient (Wildman–Crippen LogP) is 5.94. The Morgan fingerprint density at radius 3 is 1.52 bits per heavy atom. The fourth-order valence-electron chi connectivity index (χ4n) is 3.09. The lowest BCUT2D eigenvalue weighted by molar-refractivity contribution is -0.157. The molecule has 2 atom stereocenters. The van der Waals surface area contributed by atoms with E-state index in [1.807, 2.05) is 0 Å². The van der Waals surface area contributed by atoms with Crippen molar-refractivity contribution in [2.75, 3.05) is 39.4 Å². The molecule has 0 saturated carbocycles. The van der Waals surface area contributed by atoms with Gasteiger partial charge in [-0.3, -0.25) is 4.79 Å². The van der Waals surface area contributed by atoms with Crippen LogP contribution < -0.4 is 21.7 Å². The summed E-state index contributed by atoms with van der Waals surface area (Å²) in [6.07, 6.45) is 1.10. The number of carboxylic acid groups (broad SMARTS) is 1. The number of aliphatic carboxylic acids is 1. The summed E-state index contributed by atoms with van der Waals surface area (Å²) in [5.41, 5.74) is 20.0. The smallest absolute Gasteiger partial charge is 0.408 e. The van der Waals surface area contributed by atoms with E-state index in [2.05, 4.69) is 40.7 Å². The van der Waals surface area contributed by atoms with Gasteiger partial charge in [0.25, 0.3) is 0 Å². The van der Waals surface area contributed by atoms with Crippen molar-refractivity contribution >= 4 is 30.2 Å². The predicted molar refractivity (Wildman–Crippen MR) is 189 cm³/mol. The van der Waals surface area contributed by atoms with Gasteiger partial charge < -0.3 is 45.7 Å². The van der Waals surface area contributed by atoms with Crippen LogP contribution in [-0.2, 0) is 28.5 Å². The van der Waals surface area contributed by atoms with Crippen molar-refractivity contribution in [2.24, 2.45) is 16.0 Å². The highest BCUT2D eigenvalue weighted by atomic mass is 16.6. The first kappa shape index (κ1) is 54.8. The van der Waals surface area contributed by atoms with E-state index in [4.69, 9.17) is 36.1 Å². The van der Waals surface area contributed by atoms with Crippen molar-refractivity contribution in [3.63, 3.8) is 0 Å². The van der Waals surface area contributed by atoms with Crippen molar-refractivity contribution in [3.05, 3.63) is 20.9 Å². The maximum atomic E-state index is 12.4. The standard InChI is InChI=1S/C18H33N5O6.C9H17N5O4.3CH4/c1-17(2,3)28-14(24)13(22-16(26)29-18(4,5)6)9-7-8-10-20-15(25)27-12-11-21-23-19;10-7(8(15)16)3-1-2-4-12-9(17)18-6-5-13-14-11;;;/h13H,7-12H2,1-6H3,(H,20,25)(H,22,26);7H,1-6,10H2,(H,12,17)(H,15,16);3*1H4/t13-;7-;;;/m00.../s1. The second-order valence-corrected chi connectivity index (χ2v) is 11.7. The number of rotatable bonds is 19. The van der Waals surface area contributed by atoms with Gasteiger partial charge in [-0.25, -0.2) is 19.2 Å². The fraction of sp³-hybridized carbons (Fsp3) is 0.833. The molecule has 6 N–H and O–H groups in total. The number of nitrogens with two attached hydrogens (primary N) is 1. The van der Waals surface area contributed by atoms with Gasteiger partial charge in [-0.1, -0.05) is 32.5 Å². The summed E-state index contributed by atoms with van der Waals surface area (Å²) < 4.78 is 20.0. The lowest BCUT2D eigenvalue weighted by atomic mass is 10.1. The average Bonchev–Trinajstić information content (AvgIpc) is 2.95. The summed E-state index contributed by atoms with van der Waals surface area (Å²) in [5.74, 6) is -1.57. The number of carbonyl (C=O) groups is 5. The molecular weight excluding hydrogens is 660 g/mol. The number of carboxylic acids is 1. The summed E-state index contributed by atoms with van der Waals surface area (Å²) in [6.45, 7) is 11.3. The first-order valence-corrected chi connectivity index (χ1v) is 15.0. The molecule has 0 fully saturated rings. The third kappa shape index (κ3) is 37.8. The lowest BCUT2D eigenvalue weighted by Crippen LogP contribution is -2.46. The van der Waals surface area contributed by atoms with Crippen LogP contribution in [0.3, 0.4) is 0 Å². The summed E-state index contributed by atoms with van der Waals surface area (Å²) in [6, 6.07) is -1.72. The number of alkyl carbamates (subject to hydrolysis) is 3. The van der Waals surface area contributed by atoms with E-state index in [9.17, 15) is 24.0 Å². The summed E-state index contributed by atoms with van der Waals surface area (Å²) in [5, 5.41) is 22.5. The van der Waals surface area contributed by atoms with E-state index >= 15 is 0 Å². The zero-order valence-corrected chi connectivity index (χ0v) is 28.0. The van der Waals surface area contributed by atoms with Crippen molar-refractivity contribution < 1.29 is 48.0 Å². The molecule has 292 valence electrons. The summed E-state index contributed by atoms with van der Waals surface area (Å²) in [7, 11) is 0. The van der Waals surface area contributed by atoms with Crippen LogP contribution in [-0.4, -0.2) is 98.0 Å². The molecule has 0 radical (unpaired) electrons. The van der Waals surface area contributed by atoms with E-state index in [1.54, 1.807) is 41.5 Å². The van der Waals surface area contributed by atoms with E-state index in [0.717, 1.165) is 0 Å². The van der Waals surface area contributed by atoms with Gasteiger partial charge >= 0.3 is 30.2 Å². The number of nitrogens with zero attached hydrogens (tertiary/aromatic N) is 6. The second-order valence-electron chi connectivity index (χ2n) is 11.7. The van der Waals surface area contributed by atoms with Gasteiger partial charge in [0.05, 0.1) is 26.3 Å². The Kier molecular flexibility index (Phi) is 34.6. The van der Waals surface area contributed by atoms with Crippen molar-refractivity contribution in [3.8, 4) is 0 Å². The summed E-state index contributed by atoms with van der Waals surface area (Å²) >= 11 is 0. The van der Waals surface area contributed by atoms with Gasteiger partial charge in [0.1, 0.15) is 23.3 Å². The molecule has 0 aliphatic carbocycles. The minimum Gasteiger partial charge on any atom is -0.480 e. The Bertz CT molecular complexity index is 1070. The molecule has 0 spiro atoms. The first-order chi connectivity index (χ1) is 21.9. The number of unbranched alkanes of at least 4 members (excludes halogenated alkanes) is 2. The third-order valence-electron chi connectivity index (χ3n) is 5.07. The molecule has 0 aromatic carbocycles. The zero-order valence-electron chi connectivity index (χ0n) is 28.0. The molecule has 0 aliphatic heterocycles. The van der Waals surface area contributed by atoms with Crippen LogP contribution in [0.15, 0.2) is 10.2 Å². The fourth-order valence-corrected chi connectivity index (χ4v) is 3.09. The Hall–Kier alpha value is -4.67. The number of carbonyl (C=O) groups excluding carboxylic acids is 4. The van der Waals surface area contributed by atoms with Crippen LogP contribution in [0.2, 0.25) is 0 Å². The van der Waals surface area contributed by atoms with E-state index in [0.29, 0.717) is 51.6 Å². The molecule has 0 rings (SSSR count). The molecule has 0 aliphatic rings. The summed E-state index contributed by atoms with van der Waals surface area (Å²) in [4.78, 5) is 62.3. The molecule has 0 aromatic heterocycles. The number of nitrogens with one attached hydrogen (secondary N) is 3. The quantitative estimate of drug-likeness (QED) is 0.0259. The number of hydrogen-bond acceptors (Lipinski definition) is 12. The van der Waals surface area contributed by atoms with Gasteiger partial charge in [0.2, 0.25) is 0 Å².